The van der Waals surface area contributed by atoms with Crippen LogP contribution in [0.4, 0.5) is 5.69 Å². The highest BCUT2D eigenvalue weighted by atomic mass is 127. The summed E-state index contributed by atoms with van der Waals surface area (Å²) in [5.74, 6) is 0. The van der Waals surface area contributed by atoms with Gasteiger partial charge in [0, 0.05) is 24.6 Å². The van der Waals surface area contributed by atoms with E-state index in [1.165, 1.54) is 25.8 Å². The lowest BCUT2D eigenvalue weighted by atomic mass is 10.3. The van der Waals surface area contributed by atoms with Crippen LogP contribution in [0.5, 0.6) is 0 Å². The SMILES string of the molecule is CCn1c(=O)/c(=C/C=C2\Sc3ccccc3N2C)s/c1=C\c1sc2ccccc2[n+]1CC.[I-]. The van der Waals surface area contributed by atoms with E-state index >= 15 is 0 Å². The minimum absolute atomic E-state index is 0. The Bertz CT molecular complexity index is 1530. The number of thiazole rings is 2. The lowest BCUT2D eigenvalue weighted by molar-refractivity contribution is -0.665. The van der Waals surface area contributed by atoms with Crippen molar-refractivity contribution < 1.29 is 28.5 Å². The van der Waals surface area contributed by atoms with E-state index in [9.17, 15) is 4.79 Å². The molecule has 0 aliphatic carbocycles. The van der Waals surface area contributed by atoms with Crippen molar-refractivity contribution in [2.45, 2.75) is 31.8 Å². The van der Waals surface area contributed by atoms with Crippen molar-refractivity contribution in [3.63, 3.8) is 0 Å². The summed E-state index contributed by atoms with van der Waals surface area (Å²) in [7, 11) is 2.07. The molecule has 0 fully saturated rings. The molecule has 0 N–H and O–H groups in total. The predicted molar refractivity (Wildman–Crippen MR) is 138 cm³/mol. The summed E-state index contributed by atoms with van der Waals surface area (Å²) >= 11 is 5.07. The lowest BCUT2D eigenvalue weighted by Gasteiger charge is -2.12. The average molecular weight is 606 g/mol. The molecule has 0 saturated heterocycles. The number of aryl methyl sites for hydroxylation is 1. The zero-order valence-corrected chi connectivity index (χ0v) is 23.2. The van der Waals surface area contributed by atoms with Crippen LogP contribution in [0.2, 0.25) is 0 Å². The van der Waals surface area contributed by atoms with Crippen molar-refractivity contribution in [1.82, 2.24) is 4.57 Å². The van der Waals surface area contributed by atoms with Gasteiger partial charge in [-0.15, -0.1) is 11.3 Å². The number of aromatic nitrogens is 2. The first-order chi connectivity index (χ1) is 15.6. The normalized spacial score (nSPS) is 15.5. The van der Waals surface area contributed by atoms with E-state index in [1.807, 2.05) is 17.6 Å². The van der Waals surface area contributed by atoms with Crippen LogP contribution < -0.4 is 48.2 Å². The Morgan fingerprint density at radius 2 is 1.76 bits per heavy atom. The Morgan fingerprint density at radius 3 is 2.52 bits per heavy atom. The standard InChI is InChI=1S/C25H24N3OS3.HI/c1-4-27-18-11-7-9-13-20(18)31-23(27)16-24-28(5-2)25(29)21(32-24)14-15-22-26(3)17-10-6-8-12-19(17)30-22;/h6-16H,4-5H2,1-3H3;1H/q+1;/p-1/b21-14-,22-15-;. The summed E-state index contributed by atoms with van der Waals surface area (Å²) in [6.45, 7) is 5.75. The average Bonchev–Trinajstić information content (AvgIpc) is 3.43. The number of hydrogen-bond acceptors (Lipinski definition) is 5. The fourth-order valence-electron chi connectivity index (χ4n) is 3.96. The van der Waals surface area contributed by atoms with Crippen molar-refractivity contribution in [2.24, 2.45) is 0 Å². The summed E-state index contributed by atoms with van der Waals surface area (Å²) in [6, 6.07) is 16.8. The maximum Gasteiger partial charge on any atom is 0.269 e. The molecule has 0 amide bonds. The van der Waals surface area contributed by atoms with E-state index in [0.717, 1.165) is 20.8 Å². The smallest absolute Gasteiger partial charge is 0.269 e. The number of allylic oxidation sites excluding steroid dienone is 1. The molecule has 0 atom stereocenters. The minimum Gasteiger partial charge on any atom is -1.00 e. The molecule has 0 unspecified atom stereocenters. The lowest BCUT2D eigenvalue weighted by Crippen LogP contribution is -3.00. The van der Waals surface area contributed by atoms with E-state index in [0.29, 0.717) is 6.54 Å². The number of halogens is 1. The Kier molecular flexibility index (Phi) is 7.47. The highest BCUT2D eigenvalue weighted by Gasteiger charge is 2.21. The van der Waals surface area contributed by atoms with Gasteiger partial charge >= 0.3 is 0 Å². The van der Waals surface area contributed by atoms with Crippen LogP contribution in [0.15, 0.2) is 69.3 Å². The number of hydrogen-bond donors (Lipinski definition) is 0. The third kappa shape index (κ3) is 4.45. The first-order valence-electron chi connectivity index (χ1n) is 10.7. The largest absolute Gasteiger partial charge is 1.00 e. The molecule has 33 heavy (non-hydrogen) atoms. The number of anilines is 1. The van der Waals surface area contributed by atoms with Gasteiger partial charge in [0.15, 0.2) is 0 Å². The molecule has 3 heterocycles. The van der Waals surface area contributed by atoms with E-state index in [2.05, 4.69) is 84.1 Å². The molecule has 5 rings (SSSR count). The fraction of sp³-hybridized carbons (Fsp3) is 0.200. The van der Waals surface area contributed by atoms with Gasteiger partial charge in [0.2, 0.25) is 5.52 Å². The molecule has 2 aromatic carbocycles. The number of benzene rings is 2. The predicted octanol–water partition coefficient (Wildman–Crippen LogP) is 1.15. The Hall–Kier alpha value is -1.88. The second-order valence-electron chi connectivity index (χ2n) is 7.45. The quantitative estimate of drug-likeness (QED) is 0.259. The molecular weight excluding hydrogens is 581 g/mol. The molecule has 0 bridgehead atoms. The van der Waals surface area contributed by atoms with E-state index in [4.69, 9.17) is 0 Å². The topological polar surface area (TPSA) is 29.1 Å². The van der Waals surface area contributed by atoms with Gasteiger partial charge in [0.1, 0.15) is 15.9 Å². The van der Waals surface area contributed by atoms with Crippen molar-refractivity contribution in [3.8, 4) is 0 Å². The number of para-hydroxylation sites is 2. The summed E-state index contributed by atoms with van der Waals surface area (Å²) in [5.41, 5.74) is 2.52. The zero-order chi connectivity index (χ0) is 22.2. The van der Waals surface area contributed by atoms with Crippen molar-refractivity contribution in [3.05, 3.63) is 84.2 Å². The summed E-state index contributed by atoms with van der Waals surface area (Å²) in [6.07, 6.45) is 6.20. The Morgan fingerprint density at radius 1 is 1.00 bits per heavy atom. The van der Waals surface area contributed by atoms with Crippen LogP contribution >= 0.6 is 34.4 Å². The first kappa shape index (κ1) is 24.3. The minimum atomic E-state index is 0. The van der Waals surface area contributed by atoms with E-state index in [-0.39, 0.29) is 29.5 Å². The molecule has 0 saturated carbocycles. The van der Waals surface area contributed by atoms with Gasteiger partial charge in [-0.05, 0) is 44.2 Å². The summed E-state index contributed by atoms with van der Waals surface area (Å²) in [4.78, 5) is 16.5. The zero-order valence-electron chi connectivity index (χ0n) is 18.6. The summed E-state index contributed by atoms with van der Waals surface area (Å²) < 4.78 is 7.21. The van der Waals surface area contributed by atoms with Gasteiger partial charge in [-0.3, -0.25) is 9.36 Å². The van der Waals surface area contributed by atoms with Gasteiger partial charge in [0.25, 0.3) is 10.6 Å². The maximum atomic E-state index is 13.1. The monoisotopic (exact) mass is 605 g/mol. The molecule has 8 heteroatoms. The molecule has 2 aromatic heterocycles. The highest BCUT2D eigenvalue weighted by molar-refractivity contribution is 8.03. The number of nitrogens with zero attached hydrogens (tertiary/aromatic N) is 3. The van der Waals surface area contributed by atoms with Crippen LogP contribution in [-0.2, 0) is 13.1 Å². The van der Waals surface area contributed by atoms with Gasteiger partial charge in [-0.2, -0.15) is 4.57 Å². The Balaban J connectivity index is 0.00000259. The molecule has 4 nitrogen and oxygen atoms in total. The van der Waals surface area contributed by atoms with Crippen molar-refractivity contribution in [1.29, 1.82) is 0 Å². The Labute approximate surface area is 222 Å². The van der Waals surface area contributed by atoms with Gasteiger partial charge < -0.3 is 28.9 Å². The maximum absolute atomic E-state index is 13.1. The van der Waals surface area contributed by atoms with Gasteiger partial charge in [-0.25, -0.2) is 0 Å². The molecule has 4 aromatic rings. The first-order valence-corrected chi connectivity index (χ1v) is 13.1. The highest BCUT2D eigenvalue weighted by Crippen LogP contribution is 2.44. The van der Waals surface area contributed by atoms with E-state index in [1.54, 1.807) is 34.4 Å². The third-order valence-corrected chi connectivity index (χ3v) is 8.98. The van der Waals surface area contributed by atoms with Gasteiger partial charge in [-0.1, -0.05) is 47.4 Å². The molecule has 0 radical (unpaired) electrons. The van der Waals surface area contributed by atoms with Crippen LogP contribution in [0, 0.1) is 0 Å². The number of thioether (sulfide) groups is 1. The van der Waals surface area contributed by atoms with Crippen LogP contribution in [0.1, 0.15) is 18.9 Å². The third-order valence-electron chi connectivity index (χ3n) is 5.60. The van der Waals surface area contributed by atoms with Crippen LogP contribution in [-0.4, -0.2) is 11.6 Å². The summed E-state index contributed by atoms with van der Waals surface area (Å²) in [5, 5.41) is 2.30. The van der Waals surface area contributed by atoms with Gasteiger partial charge in [0.05, 0.1) is 21.3 Å². The molecule has 1 aliphatic rings. The number of rotatable bonds is 4. The van der Waals surface area contributed by atoms with Crippen LogP contribution in [0.3, 0.4) is 0 Å². The molecular formula is C25H24IN3OS3. The van der Waals surface area contributed by atoms with Crippen molar-refractivity contribution >= 4 is 62.5 Å². The van der Waals surface area contributed by atoms with E-state index < -0.39 is 0 Å². The molecule has 170 valence electrons. The second-order valence-corrected chi connectivity index (χ2v) is 10.6. The van der Waals surface area contributed by atoms with Crippen molar-refractivity contribution in [2.75, 3.05) is 11.9 Å². The molecule has 1 aliphatic heterocycles. The molecule has 0 spiro atoms. The van der Waals surface area contributed by atoms with Crippen LogP contribution in [0.25, 0.3) is 22.4 Å². The fourth-order valence-corrected chi connectivity index (χ4v) is 7.30. The second kappa shape index (κ2) is 10.2. The number of fused-ring (bicyclic) bond motifs is 2.